The number of hydrogen-bond acceptors (Lipinski definition) is 4. The van der Waals surface area contributed by atoms with Crippen molar-refractivity contribution in [2.45, 2.75) is 38.1 Å². The number of nitrogens with zero attached hydrogens (tertiary/aromatic N) is 2. The van der Waals surface area contributed by atoms with Crippen LogP contribution in [0.1, 0.15) is 32.1 Å². The average Bonchev–Trinajstić information content (AvgIpc) is 2.53. The number of aliphatic hydroxyl groups excluding tert-OH is 2. The molecule has 1 fully saturated rings. The maximum absolute atomic E-state index is 9.17. The van der Waals surface area contributed by atoms with Crippen LogP contribution in [0.25, 0.3) is 0 Å². The topological polar surface area (TPSA) is 67.5 Å². The van der Waals surface area contributed by atoms with Crippen LogP contribution in [0.15, 0.2) is 0 Å². The van der Waals surface area contributed by atoms with Crippen molar-refractivity contribution < 1.29 is 10.2 Å². The molecule has 0 aliphatic heterocycles. The van der Waals surface area contributed by atoms with Gasteiger partial charge in [-0.2, -0.15) is 5.26 Å². The SMILES string of the molecule is N#CC1CCCCCC1N(CCO)CCO. The third-order valence-corrected chi connectivity index (χ3v) is 3.39. The van der Waals surface area contributed by atoms with Crippen LogP contribution in [0.5, 0.6) is 0 Å². The van der Waals surface area contributed by atoms with E-state index in [0.29, 0.717) is 13.1 Å². The van der Waals surface area contributed by atoms with Gasteiger partial charge in [-0.1, -0.05) is 19.3 Å². The molecule has 0 heterocycles. The molecule has 0 amide bonds. The third kappa shape index (κ3) is 3.75. The fourth-order valence-corrected chi connectivity index (χ4v) is 2.58. The number of rotatable bonds is 5. The van der Waals surface area contributed by atoms with E-state index in [1.54, 1.807) is 0 Å². The van der Waals surface area contributed by atoms with E-state index in [-0.39, 0.29) is 25.2 Å². The Bertz CT molecular complexity index is 222. The Labute approximate surface area is 97.5 Å². The molecule has 0 spiro atoms. The van der Waals surface area contributed by atoms with Gasteiger partial charge in [-0.25, -0.2) is 0 Å². The highest BCUT2D eigenvalue weighted by Crippen LogP contribution is 2.26. The first kappa shape index (κ1) is 13.4. The molecule has 1 rings (SSSR count). The smallest absolute Gasteiger partial charge is 0.0672 e. The van der Waals surface area contributed by atoms with Crippen molar-refractivity contribution in [2.75, 3.05) is 26.3 Å². The number of nitriles is 1. The fourth-order valence-electron chi connectivity index (χ4n) is 2.58. The van der Waals surface area contributed by atoms with E-state index in [0.717, 1.165) is 25.7 Å². The molecule has 16 heavy (non-hydrogen) atoms. The predicted molar refractivity (Wildman–Crippen MR) is 61.7 cm³/mol. The largest absolute Gasteiger partial charge is 0.395 e. The van der Waals surface area contributed by atoms with Crippen LogP contribution < -0.4 is 0 Å². The van der Waals surface area contributed by atoms with E-state index >= 15 is 0 Å². The van der Waals surface area contributed by atoms with Gasteiger partial charge in [-0.15, -0.1) is 0 Å². The lowest BCUT2D eigenvalue weighted by atomic mass is 9.95. The molecule has 1 aliphatic rings. The van der Waals surface area contributed by atoms with E-state index in [9.17, 15) is 5.26 Å². The summed E-state index contributed by atoms with van der Waals surface area (Å²) in [6.07, 6.45) is 5.44. The highest BCUT2D eigenvalue weighted by Gasteiger charge is 2.28. The van der Waals surface area contributed by atoms with Gasteiger partial charge in [0.25, 0.3) is 0 Å². The van der Waals surface area contributed by atoms with E-state index in [1.165, 1.54) is 6.42 Å². The van der Waals surface area contributed by atoms with Crippen LogP contribution in [0.2, 0.25) is 0 Å². The van der Waals surface area contributed by atoms with Gasteiger partial charge in [0.2, 0.25) is 0 Å². The molecule has 0 aromatic carbocycles. The van der Waals surface area contributed by atoms with Gasteiger partial charge in [0.1, 0.15) is 0 Å². The summed E-state index contributed by atoms with van der Waals surface area (Å²) in [6.45, 7) is 1.30. The quantitative estimate of drug-likeness (QED) is 0.679. The van der Waals surface area contributed by atoms with Crippen LogP contribution in [-0.4, -0.2) is 47.5 Å². The second kappa shape index (κ2) is 7.61. The molecule has 0 aromatic heterocycles. The zero-order chi connectivity index (χ0) is 11.8. The van der Waals surface area contributed by atoms with Gasteiger partial charge in [-0.05, 0) is 12.8 Å². The normalized spacial score (nSPS) is 26.4. The maximum atomic E-state index is 9.17. The van der Waals surface area contributed by atoms with Crippen LogP contribution in [0.4, 0.5) is 0 Å². The van der Waals surface area contributed by atoms with Crippen LogP contribution in [0.3, 0.4) is 0 Å². The Morgan fingerprint density at radius 3 is 2.25 bits per heavy atom. The minimum atomic E-state index is 0.0561. The summed E-state index contributed by atoms with van der Waals surface area (Å²) >= 11 is 0. The number of aliphatic hydroxyl groups is 2. The monoisotopic (exact) mass is 226 g/mol. The molecule has 0 radical (unpaired) electrons. The Morgan fingerprint density at radius 1 is 1.06 bits per heavy atom. The van der Waals surface area contributed by atoms with Crippen LogP contribution in [0, 0.1) is 17.2 Å². The summed E-state index contributed by atoms with van der Waals surface area (Å²) in [5.74, 6) is 0.0561. The van der Waals surface area contributed by atoms with Gasteiger partial charge < -0.3 is 10.2 Å². The average molecular weight is 226 g/mol. The summed E-state index contributed by atoms with van der Waals surface area (Å²) in [5, 5.41) is 27.2. The second-order valence-electron chi connectivity index (χ2n) is 4.42. The molecule has 2 N–H and O–H groups in total. The summed E-state index contributed by atoms with van der Waals surface area (Å²) in [7, 11) is 0. The Kier molecular flexibility index (Phi) is 6.39. The molecular formula is C12H22N2O2. The lowest BCUT2D eigenvalue weighted by Crippen LogP contribution is -2.43. The highest BCUT2D eigenvalue weighted by atomic mass is 16.3. The van der Waals surface area contributed by atoms with Crippen molar-refractivity contribution in [3.8, 4) is 6.07 Å². The van der Waals surface area contributed by atoms with Gasteiger partial charge in [0.15, 0.2) is 0 Å². The first-order valence-corrected chi connectivity index (χ1v) is 6.19. The van der Waals surface area contributed by atoms with Crippen molar-refractivity contribution >= 4 is 0 Å². The molecule has 4 nitrogen and oxygen atoms in total. The minimum Gasteiger partial charge on any atom is -0.395 e. The standard InChI is InChI=1S/C12H22N2O2/c13-10-11-4-2-1-3-5-12(11)14(6-8-15)7-9-16/h11-12,15-16H,1-9H2. The summed E-state index contributed by atoms with van der Waals surface area (Å²) < 4.78 is 0. The summed E-state index contributed by atoms with van der Waals surface area (Å²) in [4.78, 5) is 2.07. The van der Waals surface area contributed by atoms with Crippen molar-refractivity contribution in [1.29, 1.82) is 5.26 Å². The van der Waals surface area contributed by atoms with E-state index in [4.69, 9.17) is 10.2 Å². The molecule has 0 aromatic rings. The minimum absolute atomic E-state index is 0.0561. The Hall–Kier alpha value is -0.630. The van der Waals surface area contributed by atoms with E-state index < -0.39 is 0 Å². The first-order chi connectivity index (χ1) is 7.83. The molecule has 2 unspecified atom stereocenters. The Morgan fingerprint density at radius 2 is 1.69 bits per heavy atom. The van der Waals surface area contributed by atoms with Crippen molar-refractivity contribution in [3.63, 3.8) is 0 Å². The van der Waals surface area contributed by atoms with Crippen molar-refractivity contribution in [1.82, 2.24) is 4.90 Å². The van der Waals surface area contributed by atoms with Crippen molar-refractivity contribution in [3.05, 3.63) is 0 Å². The van der Waals surface area contributed by atoms with Crippen LogP contribution >= 0.6 is 0 Å². The Balaban J connectivity index is 2.65. The zero-order valence-corrected chi connectivity index (χ0v) is 9.81. The van der Waals surface area contributed by atoms with E-state index in [2.05, 4.69) is 11.0 Å². The molecule has 0 saturated heterocycles. The third-order valence-electron chi connectivity index (χ3n) is 3.39. The number of hydrogen-bond donors (Lipinski definition) is 2. The lowest BCUT2D eigenvalue weighted by molar-refractivity contribution is 0.0985. The second-order valence-corrected chi connectivity index (χ2v) is 4.42. The van der Waals surface area contributed by atoms with Gasteiger partial charge in [-0.3, -0.25) is 4.90 Å². The van der Waals surface area contributed by atoms with Gasteiger partial charge >= 0.3 is 0 Å². The summed E-state index contributed by atoms with van der Waals surface area (Å²) in [6, 6.07) is 2.60. The van der Waals surface area contributed by atoms with Gasteiger partial charge in [0, 0.05) is 19.1 Å². The molecule has 1 saturated carbocycles. The fraction of sp³-hybridized carbons (Fsp3) is 0.917. The highest BCUT2D eigenvalue weighted by molar-refractivity contribution is 4.94. The van der Waals surface area contributed by atoms with Gasteiger partial charge in [0.05, 0.1) is 25.2 Å². The molecule has 1 aliphatic carbocycles. The van der Waals surface area contributed by atoms with Crippen molar-refractivity contribution in [2.24, 2.45) is 5.92 Å². The lowest BCUT2D eigenvalue weighted by Gasteiger charge is -2.32. The first-order valence-electron chi connectivity index (χ1n) is 6.19. The molecule has 4 heteroatoms. The molecule has 0 bridgehead atoms. The predicted octanol–water partition coefficient (Wildman–Crippen LogP) is 0.745. The van der Waals surface area contributed by atoms with E-state index in [1.807, 2.05) is 0 Å². The molecule has 2 atom stereocenters. The maximum Gasteiger partial charge on any atom is 0.0672 e. The van der Waals surface area contributed by atoms with Crippen LogP contribution in [-0.2, 0) is 0 Å². The molecule has 92 valence electrons. The molecular weight excluding hydrogens is 204 g/mol. The zero-order valence-electron chi connectivity index (χ0n) is 9.81. The summed E-state index contributed by atoms with van der Waals surface area (Å²) in [5.41, 5.74) is 0.